The normalized spacial score (nSPS) is 11.4. The fourth-order valence-electron chi connectivity index (χ4n) is 1.48. The van der Waals surface area contributed by atoms with E-state index in [4.69, 9.17) is 4.18 Å². The highest BCUT2D eigenvalue weighted by atomic mass is 32.2. The lowest BCUT2D eigenvalue weighted by atomic mass is 10.2. The first-order chi connectivity index (χ1) is 9.29. The van der Waals surface area contributed by atoms with Gasteiger partial charge < -0.3 is 4.18 Å². The van der Waals surface area contributed by atoms with Crippen molar-refractivity contribution in [3.63, 3.8) is 0 Å². The molecule has 0 saturated heterocycles. The molecular weight excluding hydrogens is 293 g/mol. The molecular formula is C13H9F3O3S. The van der Waals surface area contributed by atoms with Crippen LogP contribution in [0.25, 0.3) is 0 Å². The van der Waals surface area contributed by atoms with Gasteiger partial charge in [0.15, 0.2) is 11.6 Å². The molecule has 0 radical (unpaired) electrons. The Bertz CT molecular complexity index is 757. The van der Waals surface area contributed by atoms with Gasteiger partial charge in [0.2, 0.25) is 0 Å². The Labute approximate surface area is 113 Å². The summed E-state index contributed by atoms with van der Waals surface area (Å²) in [6, 6.07) is 5.44. The van der Waals surface area contributed by atoms with Crippen molar-refractivity contribution in [2.75, 3.05) is 0 Å². The molecule has 0 fully saturated rings. The minimum atomic E-state index is -4.31. The number of aryl methyl sites for hydroxylation is 1. The minimum Gasteiger partial charge on any atom is -0.379 e. The third kappa shape index (κ3) is 2.93. The summed E-state index contributed by atoms with van der Waals surface area (Å²) in [5.41, 5.74) is 0.197. The van der Waals surface area contributed by atoms with Crippen molar-refractivity contribution in [2.24, 2.45) is 0 Å². The molecule has 3 nitrogen and oxygen atoms in total. The Morgan fingerprint density at radius 3 is 2.15 bits per heavy atom. The molecule has 0 bridgehead atoms. The first kappa shape index (κ1) is 14.4. The van der Waals surface area contributed by atoms with Crippen LogP contribution in [0.3, 0.4) is 0 Å². The van der Waals surface area contributed by atoms with Crippen LogP contribution in [0.15, 0.2) is 41.3 Å². The molecule has 106 valence electrons. The van der Waals surface area contributed by atoms with E-state index in [9.17, 15) is 21.6 Å². The van der Waals surface area contributed by atoms with Crippen molar-refractivity contribution < 1.29 is 25.8 Å². The number of benzene rings is 2. The minimum absolute atomic E-state index is 0.117. The lowest BCUT2D eigenvalue weighted by Gasteiger charge is -2.08. The van der Waals surface area contributed by atoms with Crippen LogP contribution >= 0.6 is 0 Å². The van der Waals surface area contributed by atoms with E-state index in [1.807, 2.05) is 0 Å². The lowest BCUT2D eigenvalue weighted by molar-refractivity contribution is 0.478. The fourth-order valence-corrected chi connectivity index (χ4v) is 2.41. The van der Waals surface area contributed by atoms with Crippen LogP contribution in [0, 0.1) is 24.4 Å². The highest BCUT2D eigenvalue weighted by Gasteiger charge is 2.19. The van der Waals surface area contributed by atoms with Crippen molar-refractivity contribution in [3.05, 3.63) is 59.4 Å². The van der Waals surface area contributed by atoms with Crippen molar-refractivity contribution in [2.45, 2.75) is 11.8 Å². The van der Waals surface area contributed by atoms with Gasteiger partial charge in [-0.1, -0.05) is 0 Å². The molecule has 0 amide bonds. The number of rotatable bonds is 3. The summed E-state index contributed by atoms with van der Waals surface area (Å²) in [6.45, 7) is 1.44. The maximum atomic E-state index is 13.1. The Morgan fingerprint density at radius 2 is 1.55 bits per heavy atom. The average molecular weight is 302 g/mol. The van der Waals surface area contributed by atoms with Crippen LogP contribution in [0.2, 0.25) is 0 Å². The Kier molecular flexibility index (Phi) is 3.71. The molecule has 0 N–H and O–H groups in total. The quantitative estimate of drug-likeness (QED) is 0.818. The highest BCUT2D eigenvalue weighted by molar-refractivity contribution is 7.87. The van der Waals surface area contributed by atoms with Gasteiger partial charge in [-0.2, -0.15) is 8.42 Å². The monoisotopic (exact) mass is 302 g/mol. The van der Waals surface area contributed by atoms with Crippen LogP contribution in [-0.2, 0) is 10.1 Å². The van der Waals surface area contributed by atoms with E-state index in [0.717, 1.165) is 18.2 Å². The molecule has 0 aromatic heterocycles. The van der Waals surface area contributed by atoms with Gasteiger partial charge >= 0.3 is 10.1 Å². The Balaban J connectivity index is 2.35. The number of hydrogen-bond acceptors (Lipinski definition) is 3. The van der Waals surface area contributed by atoms with Crippen molar-refractivity contribution in [3.8, 4) is 5.75 Å². The maximum Gasteiger partial charge on any atom is 0.339 e. The molecule has 0 atom stereocenters. The zero-order valence-electron chi connectivity index (χ0n) is 10.2. The summed E-state index contributed by atoms with van der Waals surface area (Å²) in [4.78, 5) is -0.529. The maximum absolute atomic E-state index is 13.1. The van der Waals surface area contributed by atoms with Crippen LogP contribution in [0.5, 0.6) is 5.75 Å². The van der Waals surface area contributed by atoms with E-state index in [2.05, 4.69) is 0 Å². The summed E-state index contributed by atoms with van der Waals surface area (Å²) in [7, 11) is -4.31. The van der Waals surface area contributed by atoms with Gasteiger partial charge in [0.25, 0.3) is 0 Å². The van der Waals surface area contributed by atoms with E-state index in [-0.39, 0.29) is 11.3 Å². The molecule has 20 heavy (non-hydrogen) atoms. The van der Waals surface area contributed by atoms with Gasteiger partial charge in [-0.3, -0.25) is 0 Å². The highest BCUT2D eigenvalue weighted by Crippen LogP contribution is 2.22. The Morgan fingerprint density at radius 1 is 0.900 bits per heavy atom. The van der Waals surface area contributed by atoms with Gasteiger partial charge in [0.05, 0.1) is 0 Å². The van der Waals surface area contributed by atoms with Crippen LogP contribution in [0.4, 0.5) is 13.2 Å². The third-order valence-electron chi connectivity index (χ3n) is 2.52. The zero-order valence-corrected chi connectivity index (χ0v) is 11.0. The summed E-state index contributed by atoms with van der Waals surface area (Å²) in [5.74, 6) is -3.09. The first-order valence-corrected chi connectivity index (χ1v) is 6.86. The molecule has 0 aliphatic heterocycles. The average Bonchev–Trinajstić information content (AvgIpc) is 2.37. The van der Waals surface area contributed by atoms with Crippen molar-refractivity contribution in [1.82, 2.24) is 0 Å². The van der Waals surface area contributed by atoms with Gasteiger partial charge in [0, 0.05) is 0 Å². The summed E-state index contributed by atoms with van der Waals surface area (Å²) < 4.78 is 67.3. The molecule has 0 saturated carbocycles. The number of halogens is 3. The fraction of sp³-hybridized carbons (Fsp3) is 0.0769. The van der Waals surface area contributed by atoms with Crippen LogP contribution < -0.4 is 4.18 Å². The molecule has 2 rings (SSSR count). The van der Waals surface area contributed by atoms with Gasteiger partial charge in [0.1, 0.15) is 16.5 Å². The summed E-state index contributed by atoms with van der Waals surface area (Å²) in [6.07, 6.45) is 0. The van der Waals surface area contributed by atoms with Gasteiger partial charge in [-0.25, -0.2) is 13.2 Å². The van der Waals surface area contributed by atoms with Crippen LogP contribution in [0.1, 0.15) is 5.56 Å². The van der Waals surface area contributed by atoms with E-state index in [0.29, 0.717) is 12.1 Å². The summed E-state index contributed by atoms with van der Waals surface area (Å²) >= 11 is 0. The molecule has 0 aliphatic rings. The van der Waals surface area contributed by atoms with Crippen molar-refractivity contribution >= 4 is 10.1 Å². The zero-order chi connectivity index (χ0) is 14.9. The predicted octanol–water partition coefficient (Wildman–Crippen LogP) is 3.18. The third-order valence-corrected chi connectivity index (χ3v) is 3.76. The number of hydrogen-bond donors (Lipinski definition) is 0. The smallest absolute Gasteiger partial charge is 0.339 e. The van der Waals surface area contributed by atoms with E-state index < -0.39 is 32.5 Å². The van der Waals surface area contributed by atoms with Gasteiger partial charge in [-0.05, 0) is 48.9 Å². The standard InChI is InChI=1S/C13H9F3O3S/c1-8-6-9(2-4-11(8)14)19-20(17,18)10-3-5-12(15)13(16)7-10/h2-7H,1H3. The van der Waals surface area contributed by atoms with E-state index in [1.165, 1.54) is 13.0 Å². The first-order valence-electron chi connectivity index (χ1n) is 5.45. The molecule has 2 aromatic carbocycles. The topological polar surface area (TPSA) is 43.4 Å². The molecule has 0 spiro atoms. The Hall–Kier alpha value is -2.02. The second kappa shape index (κ2) is 5.16. The second-order valence-corrected chi connectivity index (χ2v) is 5.57. The molecule has 2 aromatic rings. The van der Waals surface area contributed by atoms with E-state index >= 15 is 0 Å². The largest absolute Gasteiger partial charge is 0.379 e. The van der Waals surface area contributed by atoms with Crippen molar-refractivity contribution in [1.29, 1.82) is 0 Å². The van der Waals surface area contributed by atoms with E-state index in [1.54, 1.807) is 0 Å². The summed E-state index contributed by atoms with van der Waals surface area (Å²) in [5, 5.41) is 0. The predicted molar refractivity (Wildman–Crippen MR) is 65.3 cm³/mol. The lowest BCUT2D eigenvalue weighted by Crippen LogP contribution is -2.10. The second-order valence-electron chi connectivity index (χ2n) is 4.02. The molecule has 0 heterocycles. The van der Waals surface area contributed by atoms with Crippen LogP contribution in [-0.4, -0.2) is 8.42 Å². The molecule has 0 aliphatic carbocycles. The molecule has 0 unspecified atom stereocenters. The van der Waals surface area contributed by atoms with Gasteiger partial charge in [-0.15, -0.1) is 0 Å². The SMILES string of the molecule is Cc1cc(OS(=O)(=O)c2ccc(F)c(F)c2)ccc1F. The molecule has 7 heteroatoms.